The first-order valence-corrected chi connectivity index (χ1v) is 5.87. The molecule has 3 nitrogen and oxygen atoms in total. The lowest BCUT2D eigenvalue weighted by molar-refractivity contribution is 0.627. The van der Waals surface area contributed by atoms with Crippen LogP contribution in [-0.4, -0.2) is 17.2 Å². The van der Waals surface area contributed by atoms with Crippen molar-refractivity contribution in [2.75, 3.05) is 11.9 Å². The van der Waals surface area contributed by atoms with Crippen LogP contribution in [0.25, 0.3) is 0 Å². The lowest BCUT2D eigenvalue weighted by Gasteiger charge is -2.21. The van der Waals surface area contributed by atoms with Crippen LogP contribution in [0, 0.1) is 19.7 Å². The highest BCUT2D eigenvalue weighted by Gasteiger charge is 2.15. The van der Waals surface area contributed by atoms with E-state index in [2.05, 4.69) is 10.2 Å². The molecule has 1 aromatic heterocycles. The van der Waals surface area contributed by atoms with Gasteiger partial charge in [-0.05, 0) is 37.1 Å². The summed E-state index contributed by atoms with van der Waals surface area (Å²) < 4.78 is 13.7. The summed E-state index contributed by atoms with van der Waals surface area (Å²) in [5, 5.41) is 8.27. The second kappa shape index (κ2) is 4.90. The number of hydrogen-bond donors (Lipinski definition) is 0. The molecule has 0 radical (unpaired) electrons. The summed E-state index contributed by atoms with van der Waals surface area (Å²) in [6, 6.07) is 6.54. The summed E-state index contributed by atoms with van der Waals surface area (Å²) in [4.78, 5) is 1.67. The van der Waals surface area contributed by atoms with Gasteiger partial charge in [-0.25, -0.2) is 4.39 Å². The summed E-state index contributed by atoms with van der Waals surface area (Å²) >= 11 is 5.90. The van der Waals surface area contributed by atoms with Crippen LogP contribution in [0.15, 0.2) is 24.3 Å². The van der Waals surface area contributed by atoms with Crippen molar-refractivity contribution in [3.8, 4) is 0 Å². The molecule has 0 unspecified atom stereocenters. The Morgan fingerprint density at radius 1 is 1.11 bits per heavy atom. The number of benzene rings is 1. The van der Waals surface area contributed by atoms with Gasteiger partial charge in [0.25, 0.3) is 0 Å². The monoisotopic (exact) mass is 265 g/mol. The second-order valence-corrected chi connectivity index (χ2v) is 4.43. The summed E-state index contributed by atoms with van der Waals surface area (Å²) in [6.45, 7) is 3.76. The lowest BCUT2D eigenvalue weighted by atomic mass is 10.2. The Hall–Kier alpha value is -1.68. The first-order chi connectivity index (χ1) is 8.52. The van der Waals surface area contributed by atoms with Crippen molar-refractivity contribution >= 4 is 23.1 Å². The fraction of sp³-hybridized carbons (Fsp3) is 0.231. The van der Waals surface area contributed by atoms with Crippen LogP contribution in [0.2, 0.25) is 5.15 Å². The maximum atomic E-state index is 13.7. The summed E-state index contributed by atoms with van der Waals surface area (Å²) in [5.41, 5.74) is 2.20. The molecule has 0 amide bonds. The van der Waals surface area contributed by atoms with E-state index in [0.29, 0.717) is 16.7 Å². The molecule has 1 aromatic carbocycles. The Balaban J connectivity index is 2.50. The van der Waals surface area contributed by atoms with Gasteiger partial charge in [0.05, 0.1) is 5.69 Å². The topological polar surface area (TPSA) is 29.0 Å². The zero-order valence-electron chi connectivity index (χ0n) is 10.4. The van der Waals surface area contributed by atoms with Crippen molar-refractivity contribution in [3.63, 3.8) is 0 Å². The molecule has 2 rings (SSSR count). The molecule has 0 spiro atoms. The van der Waals surface area contributed by atoms with E-state index in [4.69, 9.17) is 11.6 Å². The largest absolute Gasteiger partial charge is 0.325 e. The van der Waals surface area contributed by atoms with Crippen LogP contribution < -0.4 is 4.90 Å². The minimum atomic E-state index is -0.297. The molecule has 94 valence electrons. The Labute approximate surface area is 110 Å². The highest BCUT2D eigenvalue weighted by atomic mass is 35.5. The van der Waals surface area contributed by atoms with E-state index in [1.165, 1.54) is 6.07 Å². The third kappa shape index (κ3) is 2.16. The van der Waals surface area contributed by atoms with Gasteiger partial charge < -0.3 is 4.90 Å². The fourth-order valence-electron chi connectivity index (χ4n) is 1.72. The molecule has 0 aliphatic carbocycles. The summed E-state index contributed by atoms with van der Waals surface area (Å²) in [6.07, 6.45) is 0. The molecule has 0 fully saturated rings. The Morgan fingerprint density at radius 3 is 2.44 bits per heavy atom. The van der Waals surface area contributed by atoms with Crippen molar-refractivity contribution < 1.29 is 4.39 Å². The van der Waals surface area contributed by atoms with E-state index in [1.807, 2.05) is 13.8 Å². The van der Waals surface area contributed by atoms with Crippen LogP contribution in [0.1, 0.15) is 11.1 Å². The smallest absolute Gasteiger partial charge is 0.158 e. The van der Waals surface area contributed by atoms with Crippen LogP contribution in [-0.2, 0) is 0 Å². The van der Waals surface area contributed by atoms with Gasteiger partial charge in [0.15, 0.2) is 11.0 Å². The van der Waals surface area contributed by atoms with E-state index < -0.39 is 0 Å². The maximum absolute atomic E-state index is 13.7. The molecule has 0 saturated carbocycles. The van der Waals surface area contributed by atoms with Crippen molar-refractivity contribution in [1.82, 2.24) is 10.2 Å². The number of para-hydroxylation sites is 1. The fourth-order valence-corrected chi connectivity index (χ4v) is 1.90. The van der Waals surface area contributed by atoms with Crippen molar-refractivity contribution in [2.45, 2.75) is 13.8 Å². The zero-order valence-corrected chi connectivity index (χ0v) is 11.2. The minimum Gasteiger partial charge on any atom is -0.325 e. The number of anilines is 2. The highest BCUT2D eigenvalue weighted by molar-refractivity contribution is 6.30. The number of nitrogens with zero attached hydrogens (tertiary/aromatic N) is 3. The minimum absolute atomic E-state index is 0.297. The van der Waals surface area contributed by atoms with Gasteiger partial charge in [0.1, 0.15) is 5.82 Å². The van der Waals surface area contributed by atoms with Gasteiger partial charge >= 0.3 is 0 Å². The molecule has 0 N–H and O–H groups in total. The first kappa shape index (κ1) is 12.8. The SMILES string of the molecule is Cc1c(Cl)nnc(N(C)c2ccccc2F)c1C. The second-order valence-electron chi connectivity index (χ2n) is 4.07. The molecule has 18 heavy (non-hydrogen) atoms. The van der Waals surface area contributed by atoms with Crippen LogP contribution in [0.4, 0.5) is 15.9 Å². The molecule has 5 heteroatoms. The van der Waals surface area contributed by atoms with Gasteiger partial charge in [0, 0.05) is 7.05 Å². The van der Waals surface area contributed by atoms with Gasteiger partial charge in [-0.2, -0.15) is 0 Å². The average molecular weight is 266 g/mol. The Kier molecular flexibility index (Phi) is 3.48. The predicted molar refractivity (Wildman–Crippen MR) is 71.0 cm³/mol. The predicted octanol–water partition coefficient (Wildman–Crippen LogP) is 3.65. The third-order valence-electron chi connectivity index (χ3n) is 2.97. The molecular weight excluding hydrogens is 253 g/mol. The number of rotatable bonds is 2. The molecule has 0 aliphatic rings. The molecule has 0 saturated heterocycles. The van der Waals surface area contributed by atoms with E-state index >= 15 is 0 Å². The molecule has 2 aromatic rings. The van der Waals surface area contributed by atoms with Crippen molar-refractivity contribution in [3.05, 3.63) is 46.4 Å². The van der Waals surface area contributed by atoms with Crippen LogP contribution in [0.3, 0.4) is 0 Å². The van der Waals surface area contributed by atoms with E-state index in [1.54, 1.807) is 30.1 Å². The first-order valence-electron chi connectivity index (χ1n) is 5.50. The van der Waals surface area contributed by atoms with Gasteiger partial charge in [-0.3, -0.25) is 0 Å². The van der Waals surface area contributed by atoms with Gasteiger partial charge in [-0.1, -0.05) is 23.7 Å². The highest BCUT2D eigenvalue weighted by Crippen LogP contribution is 2.29. The summed E-state index contributed by atoms with van der Waals surface area (Å²) in [7, 11) is 1.75. The maximum Gasteiger partial charge on any atom is 0.158 e. The van der Waals surface area contributed by atoms with Gasteiger partial charge in [0.2, 0.25) is 0 Å². The van der Waals surface area contributed by atoms with Gasteiger partial charge in [-0.15, -0.1) is 10.2 Å². The van der Waals surface area contributed by atoms with E-state index in [-0.39, 0.29) is 5.82 Å². The number of aromatic nitrogens is 2. The Morgan fingerprint density at radius 2 is 1.78 bits per heavy atom. The lowest BCUT2D eigenvalue weighted by Crippen LogP contribution is -2.15. The normalized spacial score (nSPS) is 10.5. The molecule has 0 atom stereocenters. The van der Waals surface area contributed by atoms with Crippen LogP contribution >= 0.6 is 11.6 Å². The standard InChI is InChI=1S/C13H13ClFN3/c1-8-9(2)13(17-16-12(8)14)18(3)11-7-5-4-6-10(11)15/h4-7H,1-3H3. The van der Waals surface area contributed by atoms with Crippen molar-refractivity contribution in [2.24, 2.45) is 0 Å². The molecule has 1 heterocycles. The third-order valence-corrected chi connectivity index (χ3v) is 3.33. The quantitative estimate of drug-likeness (QED) is 0.830. The van der Waals surface area contributed by atoms with E-state index in [9.17, 15) is 4.39 Å². The van der Waals surface area contributed by atoms with Crippen LogP contribution in [0.5, 0.6) is 0 Å². The molecule has 0 bridgehead atoms. The van der Waals surface area contributed by atoms with Crippen molar-refractivity contribution in [1.29, 1.82) is 0 Å². The number of hydrogen-bond acceptors (Lipinski definition) is 3. The average Bonchev–Trinajstić information content (AvgIpc) is 2.36. The number of halogens is 2. The van der Waals surface area contributed by atoms with E-state index in [0.717, 1.165) is 11.1 Å². The summed E-state index contributed by atoms with van der Waals surface area (Å²) in [5.74, 6) is 0.302. The zero-order chi connectivity index (χ0) is 13.3. The Bertz CT molecular complexity index is 586. The molecular formula is C13H13ClFN3. The molecule has 0 aliphatic heterocycles.